The molecule has 1 unspecified atom stereocenters. The van der Waals surface area contributed by atoms with Gasteiger partial charge in [0.2, 0.25) is 0 Å². The summed E-state index contributed by atoms with van der Waals surface area (Å²) in [5.74, 6) is 0.357. The van der Waals surface area contributed by atoms with Crippen LogP contribution in [0.1, 0.15) is 35.0 Å². The number of aromatic nitrogens is 5. The molecule has 1 aromatic carbocycles. The lowest BCUT2D eigenvalue weighted by atomic mass is 10.1. The van der Waals surface area contributed by atoms with Crippen LogP contribution in [0, 0.1) is 12.7 Å². The molecule has 1 aliphatic heterocycles. The highest BCUT2D eigenvalue weighted by atomic mass is 19.1. The van der Waals surface area contributed by atoms with Crippen molar-refractivity contribution in [3.8, 4) is 5.69 Å². The molecule has 1 aliphatic carbocycles. The van der Waals surface area contributed by atoms with Gasteiger partial charge in [0, 0.05) is 12.2 Å². The predicted molar refractivity (Wildman–Crippen MR) is 101 cm³/mol. The van der Waals surface area contributed by atoms with Crippen molar-refractivity contribution >= 4 is 5.97 Å². The molecule has 0 spiro atoms. The third kappa shape index (κ3) is 3.02. The van der Waals surface area contributed by atoms with E-state index in [1.807, 2.05) is 21.1 Å². The van der Waals surface area contributed by atoms with Crippen LogP contribution in [0.3, 0.4) is 0 Å². The monoisotopic (exact) mass is 396 g/mol. The van der Waals surface area contributed by atoms with Gasteiger partial charge in [0.05, 0.1) is 24.5 Å². The maximum atomic E-state index is 13.3. The van der Waals surface area contributed by atoms with E-state index in [1.165, 1.54) is 17.7 Å². The second-order valence-electron chi connectivity index (χ2n) is 7.65. The minimum Gasteiger partial charge on any atom is -0.480 e. The number of hydrogen-bond donors (Lipinski definition) is 1. The number of aliphatic carboxylic acids is 1. The van der Waals surface area contributed by atoms with Crippen LogP contribution in [-0.2, 0) is 37.3 Å². The highest BCUT2D eigenvalue weighted by Crippen LogP contribution is 2.30. The number of aryl methyl sites for hydroxylation is 1. The lowest BCUT2D eigenvalue weighted by molar-refractivity contribution is -0.145. The second kappa shape index (κ2) is 6.77. The number of fused-ring (bicyclic) bond motifs is 2. The average molecular weight is 396 g/mol. The number of carboxylic acids is 1. The van der Waals surface area contributed by atoms with E-state index < -0.39 is 12.0 Å². The van der Waals surface area contributed by atoms with E-state index in [0.717, 1.165) is 48.0 Å². The van der Waals surface area contributed by atoms with Crippen molar-refractivity contribution in [2.45, 2.75) is 51.9 Å². The Kier molecular flexibility index (Phi) is 4.20. The standard InChI is InChI=1S/C20H21FN6O2/c1-12-22-23-19-11-25(18(20(28)29)10-26(12)19)9-16-15-3-2-4-17(15)27(24-16)14-7-5-13(21)6-8-14/h5-8,18H,2-4,9-11H2,1H3,(H,28,29). The molecule has 1 atom stereocenters. The largest absolute Gasteiger partial charge is 0.480 e. The van der Waals surface area contributed by atoms with Crippen LogP contribution in [0.25, 0.3) is 5.69 Å². The maximum absolute atomic E-state index is 13.3. The number of carbonyl (C=O) groups is 1. The van der Waals surface area contributed by atoms with Gasteiger partial charge in [0.25, 0.3) is 0 Å². The van der Waals surface area contributed by atoms with E-state index in [1.54, 1.807) is 12.1 Å². The molecule has 1 N–H and O–H groups in total. The fourth-order valence-corrected chi connectivity index (χ4v) is 4.39. The van der Waals surface area contributed by atoms with Crippen LogP contribution in [0.2, 0.25) is 0 Å². The average Bonchev–Trinajstić information content (AvgIpc) is 3.39. The topological polar surface area (TPSA) is 89.1 Å². The van der Waals surface area contributed by atoms with Crippen molar-refractivity contribution in [3.05, 3.63) is 58.7 Å². The van der Waals surface area contributed by atoms with E-state index in [4.69, 9.17) is 5.10 Å². The van der Waals surface area contributed by atoms with E-state index >= 15 is 0 Å². The maximum Gasteiger partial charge on any atom is 0.322 e. The first-order valence-corrected chi connectivity index (χ1v) is 9.72. The first kappa shape index (κ1) is 18.0. The summed E-state index contributed by atoms with van der Waals surface area (Å²) in [4.78, 5) is 13.8. The molecule has 0 saturated carbocycles. The van der Waals surface area contributed by atoms with Gasteiger partial charge >= 0.3 is 5.97 Å². The molecule has 0 radical (unpaired) electrons. The fourth-order valence-electron chi connectivity index (χ4n) is 4.39. The van der Waals surface area contributed by atoms with Crippen molar-refractivity contribution in [2.75, 3.05) is 0 Å². The molecule has 0 amide bonds. The van der Waals surface area contributed by atoms with E-state index in [0.29, 0.717) is 19.6 Å². The fraction of sp³-hybridized carbons (Fsp3) is 0.400. The molecule has 0 saturated heterocycles. The molecule has 3 heterocycles. The quantitative estimate of drug-likeness (QED) is 0.724. The van der Waals surface area contributed by atoms with Crippen LogP contribution < -0.4 is 0 Å². The van der Waals surface area contributed by atoms with Crippen molar-refractivity contribution in [1.29, 1.82) is 0 Å². The predicted octanol–water partition coefficient (Wildman–Crippen LogP) is 1.87. The summed E-state index contributed by atoms with van der Waals surface area (Å²) in [6.07, 6.45) is 2.87. The van der Waals surface area contributed by atoms with Gasteiger partial charge < -0.3 is 9.67 Å². The third-order valence-electron chi connectivity index (χ3n) is 5.88. The van der Waals surface area contributed by atoms with Gasteiger partial charge in [-0.15, -0.1) is 10.2 Å². The van der Waals surface area contributed by atoms with Crippen LogP contribution in [-0.4, -0.2) is 46.6 Å². The van der Waals surface area contributed by atoms with Crippen molar-refractivity contribution in [1.82, 2.24) is 29.4 Å². The first-order valence-electron chi connectivity index (χ1n) is 9.72. The van der Waals surface area contributed by atoms with Gasteiger partial charge in [-0.3, -0.25) is 9.69 Å². The van der Waals surface area contributed by atoms with E-state index in [2.05, 4.69) is 10.2 Å². The Labute approximate surface area is 166 Å². The van der Waals surface area contributed by atoms with Gasteiger partial charge in [-0.1, -0.05) is 0 Å². The third-order valence-corrected chi connectivity index (χ3v) is 5.88. The number of carboxylic acid groups (broad SMARTS) is 1. The zero-order chi connectivity index (χ0) is 20.1. The summed E-state index contributed by atoms with van der Waals surface area (Å²) in [6, 6.07) is 5.63. The zero-order valence-corrected chi connectivity index (χ0v) is 16.0. The summed E-state index contributed by atoms with van der Waals surface area (Å²) < 4.78 is 17.1. The molecule has 2 aromatic heterocycles. The van der Waals surface area contributed by atoms with Crippen LogP contribution in [0.5, 0.6) is 0 Å². The smallest absolute Gasteiger partial charge is 0.322 e. The van der Waals surface area contributed by atoms with E-state index in [9.17, 15) is 14.3 Å². The summed E-state index contributed by atoms with van der Waals surface area (Å²) in [6.45, 7) is 3.00. The highest BCUT2D eigenvalue weighted by molar-refractivity contribution is 5.73. The Balaban J connectivity index is 1.49. The van der Waals surface area contributed by atoms with Crippen molar-refractivity contribution < 1.29 is 14.3 Å². The number of halogens is 1. The zero-order valence-electron chi connectivity index (χ0n) is 16.0. The minimum absolute atomic E-state index is 0.283. The molecule has 0 fully saturated rings. The lowest BCUT2D eigenvalue weighted by Crippen LogP contribution is -2.47. The first-order chi connectivity index (χ1) is 14.0. The number of nitrogens with zero attached hydrogens (tertiary/aromatic N) is 6. The number of benzene rings is 1. The summed E-state index contributed by atoms with van der Waals surface area (Å²) in [5, 5.41) is 22.9. The molecular weight excluding hydrogens is 375 g/mol. The number of hydrogen-bond acceptors (Lipinski definition) is 5. The summed E-state index contributed by atoms with van der Waals surface area (Å²) in [7, 11) is 0. The molecular formula is C20H21FN6O2. The van der Waals surface area contributed by atoms with Gasteiger partial charge in [0.15, 0.2) is 0 Å². The molecule has 9 heteroatoms. The van der Waals surface area contributed by atoms with Crippen molar-refractivity contribution in [2.24, 2.45) is 0 Å². The normalized spacial score (nSPS) is 18.6. The lowest BCUT2D eigenvalue weighted by Gasteiger charge is -2.33. The van der Waals surface area contributed by atoms with Crippen LogP contribution in [0.4, 0.5) is 4.39 Å². The summed E-state index contributed by atoms with van der Waals surface area (Å²) >= 11 is 0. The Morgan fingerprint density at radius 2 is 2.03 bits per heavy atom. The Hall–Kier alpha value is -3.07. The van der Waals surface area contributed by atoms with Crippen molar-refractivity contribution in [3.63, 3.8) is 0 Å². The Bertz CT molecular complexity index is 1090. The number of rotatable bonds is 4. The molecule has 2 aliphatic rings. The van der Waals surface area contributed by atoms with Crippen LogP contribution >= 0.6 is 0 Å². The SMILES string of the molecule is Cc1nnc2n1CC(C(=O)O)N(Cc1nn(-c3ccc(F)cc3)c3c1CCC3)C2. The molecule has 29 heavy (non-hydrogen) atoms. The second-order valence-corrected chi connectivity index (χ2v) is 7.65. The van der Waals surface area contributed by atoms with Crippen LogP contribution in [0.15, 0.2) is 24.3 Å². The minimum atomic E-state index is -0.863. The molecule has 8 nitrogen and oxygen atoms in total. The van der Waals surface area contributed by atoms with E-state index in [-0.39, 0.29) is 5.82 Å². The van der Waals surface area contributed by atoms with Gasteiger partial charge in [-0.25, -0.2) is 9.07 Å². The molecule has 3 aromatic rings. The highest BCUT2D eigenvalue weighted by Gasteiger charge is 2.35. The van der Waals surface area contributed by atoms with Gasteiger partial charge in [-0.05, 0) is 56.0 Å². The van der Waals surface area contributed by atoms with Gasteiger partial charge in [0.1, 0.15) is 23.5 Å². The Morgan fingerprint density at radius 3 is 2.79 bits per heavy atom. The van der Waals surface area contributed by atoms with Gasteiger partial charge in [-0.2, -0.15) is 5.10 Å². The molecule has 5 rings (SSSR count). The molecule has 0 bridgehead atoms. The molecule has 150 valence electrons. The summed E-state index contributed by atoms with van der Waals surface area (Å²) in [5.41, 5.74) is 4.02. The Morgan fingerprint density at radius 1 is 1.24 bits per heavy atom.